The summed E-state index contributed by atoms with van der Waals surface area (Å²) < 4.78 is 2.71. The maximum absolute atomic E-state index is 3.67. The quantitative estimate of drug-likeness (QED) is 0.259. The van der Waals surface area contributed by atoms with E-state index in [0.717, 1.165) is 0 Å². The number of benzene rings is 5. The predicted octanol–water partition coefficient (Wildman–Crippen LogP) is 8.00. The van der Waals surface area contributed by atoms with Gasteiger partial charge in [-0.1, -0.05) is 60.7 Å². The molecule has 2 aromatic heterocycles. The maximum Gasteiger partial charge on any atom is 0.0472 e. The van der Waals surface area contributed by atoms with Gasteiger partial charge in [-0.3, -0.25) is 0 Å². The van der Waals surface area contributed by atoms with Crippen LogP contribution in [0.15, 0.2) is 84.9 Å². The third kappa shape index (κ3) is 1.81. The van der Waals surface area contributed by atoms with Gasteiger partial charge in [-0.05, 0) is 45.8 Å². The van der Waals surface area contributed by atoms with Crippen molar-refractivity contribution in [3.63, 3.8) is 0 Å². The highest BCUT2D eigenvalue weighted by molar-refractivity contribution is 7.25. The van der Waals surface area contributed by atoms with Crippen LogP contribution in [0.2, 0.25) is 0 Å². The molecule has 1 N–H and O–H groups in total. The first kappa shape index (κ1) is 14.7. The molecule has 0 saturated heterocycles. The van der Waals surface area contributed by atoms with Crippen LogP contribution in [0, 0.1) is 0 Å². The molecule has 28 heavy (non-hydrogen) atoms. The average molecular weight is 373 g/mol. The van der Waals surface area contributed by atoms with Crippen LogP contribution in [0.3, 0.4) is 0 Å². The van der Waals surface area contributed by atoms with Crippen molar-refractivity contribution in [2.45, 2.75) is 0 Å². The Kier molecular flexibility index (Phi) is 2.68. The van der Waals surface area contributed by atoms with E-state index in [0.29, 0.717) is 0 Å². The van der Waals surface area contributed by atoms with Crippen LogP contribution in [-0.2, 0) is 0 Å². The van der Waals surface area contributed by atoms with Crippen LogP contribution in [0.5, 0.6) is 0 Å². The lowest BCUT2D eigenvalue weighted by Gasteiger charge is -2.05. The molecule has 0 radical (unpaired) electrons. The Morgan fingerprint density at radius 1 is 0.500 bits per heavy atom. The Labute approximate surface area is 164 Å². The molecule has 0 amide bonds. The van der Waals surface area contributed by atoms with E-state index >= 15 is 0 Å². The highest BCUT2D eigenvalue weighted by Gasteiger charge is 2.13. The van der Waals surface area contributed by atoms with Crippen LogP contribution >= 0.6 is 11.3 Å². The summed E-state index contributed by atoms with van der Waals surface area (Å²) in [7, 11) is 0. The number of hydrogen-bond acceptors (Lipinski definition) is 1. The zero-order valence-corrected chi connectivity index (χ0v) is 15.8. The summed E-state index contributed by atoms with van der Waals surface area (Å²) in [5, 5.41) is 10.6. The summed E-state index contributed by atoms with van der Waals surface area (Å²) in [6, 6.07) is 31.1. The van der Waals surface area contributed by atoms with Gasteiger partial charge < -0.3 is 4.98 Å². The first-order chi connectivity index (χ1) is 13.9. The lowest BCUT2D eigenvalue weighted by atomic mass is 9.98. The van der Waals surface area contributed by atoms with Gasteiger partial charge in [0.25, 0.3) is 0 Å². The van der Waals surface area contributed by atoms with Crippen LogP contribution < -0.4 is 0 Å². The predicted molar refractivity (Wildman–Crippen MR) is 124 cm³/mol. The van der Waals surface area contributed by atoms with Crippen LogP contribution in [0.4, 0.5) is 0 Å². The monoisotopic (exact) mass is 373 g/mol. The molecule has 7 aromatic rings. The Bertz CT molecular complexity index is 1720. The third-order valence-electron chi connectivity index (χ3n) is 5.98. The summed E-state index contributed by atoms with van der Waals surface area (Å²) >= 11 is 1.88. The number of hydrogen-bond donors (Lipinski definition) is 1. The van der Waals surface area contributed by atoms with E-state index in [1.807, 2.05) is 11.3 Å². The third-order valence-corrected chi connectivity index (χ3v) is 7.12. The molecule has 0 fully saturated rings. The molecule has 0 bridgehead atoms. The second-order valence-electron chi connectivity index (χ2n) is 7.49. The summed E-state index contributed by atoms with van der Waals surface area (Å²) in [5.74, 6) is 0. The van der Waals surface area contributed by atoms with Gasteiger partial charge in [-0.2, -0.15) is 0 Å². The van der Waals surface area contributed by atoms with Gasteiger partial charge in [0.05, 0.1) is 0 Å². The molecule has 130 valence electrons. The fourth-order valence-corrected chi connectivity index (χ4v) is 5.84. The molecule has 0 unspecified atom stereocenters. The van der Waals surface area contributed by atoms with Crippen molar-refractivity contribution in [3.05, 3.63) is 84.9 Å². The van der Waals surface area contributed by atoms with Crippen molar-refractivity contribution < 1.29 is 0 Å². The van der Waals surface area contributed by atoms with Gasteiger partial charge in [0.1, 0.15) is 0 Å². The molecule has 0 aliphatic heterocycles. The van der Waals surface area contributed by atoms with Gasteiger partial charge in [0, 0.05) is 42.0 Å². The fourth-order valence-electron chi connectivity index (χ4n) is 4.71. The second-order valence-corrected chi connectivity index (χ2v) is 8.57. The van der Waals surface area contributed by atoms with Gasteiger partial charge in [0.15, 0.2) is 0 Å². The van der Waals surface area contributed by atoms with Crippen LogP contribution in [0.25, 0.3) is 63.5 Å². The first-order valence-corrected chi connectivity index (χ1v) is 10.4. The van der Waals surface area contributed by atoms with E-state index in [-0.39, 0.29) is 0 Å². The molecule has 0 aliphatic carbocycles. The van der Waals surface area contributed by atoms with E-state index in [4.69, 9.17) is 0 Å². The van der Waals surface area contributed by atoms with Crippen LogP contribution in [0.1, 0.15) is 0 Å². The van der Waals surface area contributed by atoms with E-state index in [9.17, 15) is 0 Å². The largest absolute Gasteiger partial charge is 0.354 e. The molecular weight excluding hydrogens is 358 g/mol. The highest BCUT2D eigenvalue weighted by atomic mass is 32.1. The standard InChI is InChI=1S/C26H15NS/c1-2-6-16-15(5-1)9-10-19-17(16)11-12-22-26(19)21-14-25-20(13-23(21)27-22)18-7-3-4-8-24(18)28-25/h1-14,27H. The number of aromatic amines is 1. The molecule has 0 atom stereocenters. The summed E-state index contributed by atoms with van der Waals surface area (Å²) in [4.78, 5) is 3.67. The van der Waals surface area contributed by atoms with Crippen molar-refractivity contribution in [2.24, 2.45) is 0 Å². The topological polar surface area (TPSA) is 15.8 Å². The Morgan fingerprint density at radius 3 is 2.29 bits per heavy atom. The maximum atomic E-state index is 3.67. The van der Waals surface area contributed by atoms with Crippen molar-refractivity contribution in [1.29, 1.82) is 0 Å². The Morgan fingerprint density at radius 2 is 1.32 bits per heavy atom. The summed E-state index contributed by atoms with van der Waals surface area (Å²) in [6.07, 6.45) is 0. The van der Waals surface area contributed by atoms with E-state index in [1.165, 1.54) is 63.5 Å². The normalized spacial score (nSPS) is 12.3. The lowest BCUT2D eigenvalue weighted by molar-refractivity contribution is 1.56. The first-order valence-electron chi connectivity index (χ1n) is 9.54. The number of fused-ring (bicyclic) bond motifs is 10. The van der Waals surface area contributed by atoms with Crippen molar-refractivity contribution >= 4 is 74.9 Å². The lowest BCUT2D eigenvalue weighted by Crippen LogP contribution is -1.79. The van der Waals surface area contributed by atoms with Gasteiger partial charge in [-0.25, -0.2) is 0 Å². The Hall–Kier alpha value is -3.36. The number of rotatable bonds is 0. The molecule has 1 nitrogen and oxygen atoms in total. The summed E-state index contributed by atoms with van der Waals surface area (Å²) in [5.41, 5.74) is 2.42. The number of H-pyrrole nitrogens is 1. The molecule has 7 rings (SSSR count). The average Bonchev–Trinajstić information content (AvgIpc) is 3.29. The van der Waals surface area contributed by atoms with E-state index < -0.39 is 0 Å². The molecular formula is C26H15NS. The van der Waals surface area contributed by atoms with Crippen molar-refractivity contribution in [3.8, 4) is 0 Å². The van der Waals surface area contributed by atoms with Gasteiger partial charge in [0.2, 0.25) is 0 Å². The minimum Gasteiger partial charge on any atom is -0.354 e. The van der Waals surface area contributed by atoms with Crippen molar-refractivity contribution in [2.75, 3.05) is 0 Å². The van der Waals surface area contributed by atoms with E-state index in [2.05, 4.69) is 89.9 Å². The minimum absolute atomic E-state index is 1.21. The summed E-state index contributed by atoms with van der Waals surface area (Å²) in [6.45, 7) is 0. The fraction of sp³-hybridized carbons (Fsp3) is 0. The van der Waals surface area contributed by atoms with Crippen molar-refractivity contribution in [1.82, 2.24) is 4.98 Å². The van der Waals surface area contributed by atoms with Gasteiger partial charge in [-0.15, -0.1) is 11.3 Å². The number of aromatic nitrogens is 1. The zero-order valence-electron chi connectivity index (χ0n) is 15.0. The molecule has 0 saturated carbocycles. The smallest absolute Gasteiger partial charge is 0.0472 e. The molecule has 0 aliphatic rings. The number of thiophene rings is 1. The molecule has 2 heteroatoms. The van der Waals surface area contributed by atoms with Gasteiger partial charge >= 0.3 is 0 Å². The van der Waals surface area contributed by atoms with Crippen LogP contribution in [-0.4, -0.2) is 4.98 Å². The zero-order chi connectivity index (χ0) is 18.2. The SMILES string of the molecule is c1ccc2c(c1)ccc1c2ccc2[nH]c3cc4c(cc3c21)sc1ccccc14. The molecule has 5 aromatic carbocycles. The van der Waals surface area contributed by atoms with E-state index in [1.54, 1.807) is 0 Å². The highest BCUT2D eigenvalue weighted by Crippen LogP contribution is 2.40. The molecule has 0 spiro atoms. The second kappa shape index (κ2) is 5.12. The number of nitrogens with one attached hydrogen (secondary N) is 1. The molecule has 2 heterocycles. The minimum atomic E-state index is 1.21. The Balaban J connectivity index is 1.70.